The van der Waals surface area contributed by atoms with Gasteiger partial charge in [-0.1, -0.05) is 32.1 Å². The summed E-state index contributed by atoms with van der Waals surface area (Å²) in [6.45, 7) is 0.969. The standard InChI is InChI=1S/C16H30N2O2/c17-15-9-3-1-2-8-14(15)16(20)18-10-12-6-4-5-7-13(12)11-19/h12-15,19H,1-11,17H2,(H,18,20). The predicted molar refractivity (Wildman–Crippen MR) is 80.1 cm³/mol. The number of aliphatic hydroxyl groups is 1. The van der Waals surface area contributed by atoms with Crippen LogP contribution in [0.4, 0.5) is 0 Å². The first kappa shape index (κ1) is 15.8. The van der Waals surface area contributed by atoms with Crippen molar-refractivity contribution in [3.8, 4) is 0 Å². The molecule has 0 bridgehead atoms. The van der Waals surface area contributed by atoms with Crippen molar-refractivity contribution in [2.24, 2.45) is 23.5 Å². The predicted octanol–water partition coefficient (Wildman–Crippen LogP) is 1.81. The zero-order chi connectivity index (χ0) is 14.4. The summed E-state index contributed by atoms with van der Waals surface area (Å²) >= 11 is 0. The molecule has 0 aromatic rings. The first-order valence-electron chi connectivity index (χ1n) is 8.36. The van der Waals surface area contributed by atoms with E-state index >= 15 is 0 Å². The van der Waals surface area contributed by atoms with Gasteiger partial charge >= 0.3 is 0 Å². The smallest absolute Gasteiger partial charge is 0.224 e. The summed E-state index contributed by atoms with van der Waals surface area (Å²) in [4.78, 5) is 12.3. The number of amides is 1. The van der Waals surface area contributed by atoms with E-state index in [4.69, 9.17) is 5.73 Å². The molecule has 2 rings (SSSR count). The zero-order valence-electron chi connectivity index (χ0n) is 12.5. The van der Waals surface area contributed by atoms with E-state index in [0.29, 0.717) is 18.4 Å². The Hall–Kier alpha value is -0.610. The van der Waals surface area contributed by atoms with Gasteiger partial charge in [0.05, 0.1) is 5.92 Å². The molecule has 0 saturated heterocycles. The lowest BCUT2D eigenvalue weighted by atomic mass is 9.79. The Bertz CT molecular complexity index is 309. The van der Waals surface area contributed by atoms with E-state index in [1.54, 1.807) is 0 Å². The van der Waals surface area contributed by atoms with E-state index in [2.05, 4.69) is 5.32 Å². The first-order valence-corrected chi connectivity index (χ1v) is 8.36. The van der Waals surface area contributed by atoms with Crippen LogP contribution in [0.25, 0.3) is 0 Å². The minimum absolute atomic E-state index is 0.00586. The van der Waals surface area contributed by atoms with Crippen molar-refractivity contribution in [3.05, 3.63) is 0 Å². The highest BCUT2D eigenvalue weighted by Crippen LogP contribution is 2.29. The van der Waals surface area contributed by atoms with Crippen molar-refractivity contribution in [3.63, 3.8) is 0 Å². The maximum absolute atomic E-state index is 12.3. The molecule has 0 radical (unpaired) electrons. The lowest BCUT2D eigenvalue weighted by Crippen LogP contribution is -2.44. The minimum atomic E-state index is -0.00586. The third-order valence-corrected chi connectivity index (χ3v) is 5.25. The monoisotopic (exact) mass is 282 g/mol. The maximum atomic E-state index is 12.3. The van der Waals surface area contributed by atoms with Crippen LogP contribution in [0.5, 0.6) is 0 Å². The van der Waals surface area contributed by atoms with Gasteiger partial charge in [-0.25, -0.2) is 0 Å². The molecule has 116 valence electrons. The summed E-state index contributed by atoms with van der Waals surface area (Å²) < 4.78 is 0. The molecule has 4 heteroatoms. The van der Waals surface area contributed by atoms with Crippen molar-refractivity contribution in [2.45, 2.75) is 63.8 Å². The Morgan fingerprint density at radius 3 is 2.40 bits per heavy atom. The van der Waals surface area contributed by atoms with Crippen LogP contribution in [-0.2, 0) is 4.79 Å². The fraction of sp³-hybridized carbons (Fsp3) is 0.938. The molecule has 0 heterocycles. The quantitative estimate of drug-likeness (QED) is 0.688. The molecule has 4 N–H and O–H groups in total. The average Bonchev–Trinajstić information content (AvgIpc) is 2.69. The van der Waals surface area contributed by atoms with Gasteiger partial charge < -0.3 is 16.2 Å². The summed E-state index contributed by atoms with van der Waals surface area (Å²) in [5, 5.41) is 12.5. The molecule has 2 aliphatic carbocycles. The molecule has 2 aliphatic rings. The fourth-order valence-corrected chi connectivity index (χ4v) is 3.82. The van der Waals surface area contributed by atoms with E-state index in [-0.39, 0.29) is 24.5 Å². The SMILES string of the molecule is NC1CCCCCC1C(=O)NCC1CCCCC1CO. The Balaban J connectivity index is 1.81. The van der Waals surface area contributed by atoms with E-state index in [9.17, 15) is 9.90 Å². The van der Waals surface area contributed by atoms with Crippen molar-refractivity contribution in [2.75, 3.05) is 13.2 Å². The largest absolute Gasteiger partial charge is 0.396 e. The molecule has 4 atom stereocenters. The van der Waals surface area contributed by atoms with Gasteiger partial charge in [-0.2, -0.15) is 0 Å². The van der Waals surface area contributed by atoms with E-state index in [1.807, 2.05) is 0 Å². The van der Waals surface area contributed by atoms with E-state index in [1.165, 1.54) is 19.3 Å². The summed E-state index contributed by atoms with van der Waals surface area (Å²) in [6.07, 6.45) is 10.0. The van der Waals surface area contributed by atoms with Gasteiger partial charge in [0.25, 0.3) is 0 Å². The Morgan fingerprint density at radius 2 is 1.65 bits per heavy atom. The van der Waals surface area contributed by atoms with Gasteiger partial charge in [-0.3, -0.25) is 4.79 Å². The molecule has 0 aromatic heterocycles. The topological polar surface area (TPSA) is 75.4 Å². The van der Waals surface area contributed by atoms with Gasteiger partial charge in [0.15, 0.2) is 0 Å². The van der Waals surface area contributed by atoms with Crippen LogP contribution < -0.4 is 11.1 Å². The van der Waals surface area contributed by atoms with Gasteiger partial charge in [0, 0.05) is 19.2 Å². The normalized spacial score (nSPS) is 35.3. The first-order chi connectivity index (χ1) is 9.72. The molecular weight excluding hydrogens is 252 g/mol. The number of hydrogen-bond acceptors (Lipinski definition) is 3. The van der Waals surface area contributed by atoms with Crippen LogP contribution in [0, 0.1) is 17.8 Å². The molecule has 4 nitrogen and oxygen atoms in total. The van der Waals surface area contributed by atoms with Gasteiger partial charge in [-0.15, -0.1) is 0 Å². The maximum Gasteiger partial charge on any atom is 0.224 e. The number of aliphatic hydroxyl groups excluding tert-OH is 1. The molecule has 1 amide bonds. The molecule has 2 fully saturated rings. The zero-order valence-corrected chi connectivity index (χ0v) is 12.5. The number of carbonyl (C=O) groups excluding carboxylic acids is 1. The Labute approximate surface area is 122 Å². The van der Waals surface area contributed by atoms with Crippen LogP contribution in [0.3, 0.4) is 0 Å². The Kier molecular flexibility index (Phi) is 6.30. The van der Waals surface area contributed by atoms with Crippen LogP contribution >= 0.6 is 0 Å². The second-order valence-electron chi connectivity index (χ2n) is 6.64. The third kappa shape index (κ3) is 4.19. The van der Waals surface area contributed by atoms with Crippen LogP contribution in [-0.4, -0.2) is 30.2 Å². The van der Waals surface area contributed by atoms with E-state index in [0.717, 1.165) is 38.5 Å². The lowest BCUT2D eigenvalue weighted by molar-refractivity contribution is -0.126. The van der Waals surface area contributed by atoms with Crippen LogP contribution in [0.1, 0.15) is 57.8 Å². The molecule has 0 aliphatic heterocycles. The molecule has 4 unspecified atom stereocenters. The second-order valence-corrected chi connectivity index (χ2v) is 6.64. The number of hydrogen-bond donors (Lipinski definition) is 3. The molecule has 0 spiro atoms. The van der Waals surface area contributed by atoms with Crippen molar-refractivity contribution < 1.29 is 9.90 Å². The van der Waals surface area contributed by atoms with E-state index < -0.39 is 0 Å². The number of rotatable bonds is 4. The van der Waals surface area contributed by atoms with Crippen molar-refractivity contribution in [1.82, 2.24) is 5.32 Å². The molecule has 2 saturated carbocycles. The lowest BCUT2D eigenvalue weighted by Gasteiger charge is -2.31. The van der Waals surface area contributed by atoms with Gasteiger partial charge in [0.1, 0.15) is 0 Å². The highest BCUT2D eigenvalue weighted by Gasteiger charge is 2.29. The summed E-state index contributed by atoms with van der Waals surface area (Å²) in [5.74, 6) is 0.946. The summed E-state index contributed by atoms with van der Waals surface area (Å²) in [5.41, 5.74) is 6.14. The average molecular weight is 282 g/mol. The van der Waals surface area contributed by atoms with Gasteiger partial charge in [0.2, 0.25) is 5.91 Å². The van der Waals surface area contributed by atoms with Crippen LogP contribution in [0.2, 0.25) is 0 Å². The second kappa shape index (κ2) is 7.99. The van der Waals surface area contributed by atoms with Crippen LogP contribution in [0.15, 0.2) is 0 Å². The minimum Gasteiger partial charge on any atom is -0.396 e. The molecule has 0 aromatic carbocycles. The fourth-order valence-electron chi connectivity index (χ4n) is 3.82. The molecule has 20 heavy (non-hydrogen) atoms. The number of nitrogens with one attached hydrogen (secondary N) is 1. The van der Waals surface area contributed by atoms with Crippen molar-refractivity contribution >= 4 is 5.91 Å². The summed E-state index contributed by atoms with van der Waals surface area (Å²) in [7, 11) is 0. The Morgan fingerprint density at radius 1 is 1.00 bits per heavy atom. The highest BCUT2D eigenvalue weighted by molar-refractivity contribution is 5.79. The summed E-state index contributed by atoms with van der Waals surface area (Å²) in [6, 6.07) is 0.0255. The third-order valence-electron chi connectivity index (χ3n) is 5.25. The number of nitrogens with two attached hydrogens (primary N) is 1. The highest BCUT2D eigenvalue weighted by atomic mass is 16.3. The molecular formula is C16H30N2O2. The van der Waals surface area contributed by atoms with Crippen molar-refractivity contribution in [1.29, 1.82) is 0 Å². The number of carbonyl (C=O) groups is 1. The van der Waals surface area contributed by atoms with Gasteiger partial charge in [-0.05, 0) is 37.5 Å².